The maximum atomic E-state index is 14.5. The van der Waals surface area contributed by atoms with Gasteiger partial charge in [0.25, 0.3) is 5.56 Å². The first-order valence-electron chi connectivity index (χ1n) is 15.0. The Balaban J connectivity index is 1.45. The summed E-state index contributed by atoms with van der Waals surface area (Å²) in [6.45, 7) is 4.45. The molecule has 0 saturated carbocycles. The summed E-state index contributed by atoms with van der Waals surface area (Å²) in [6.07, 6.45) is 4.02. The summed E-state index contributed by atoms with van der Waals surface area (Å²) in [7, 11) is 1.60. The van der Waals surface area contributed by atoms with Crippen LogP contribution in [0, 0.1) is 0 Å². The minimum Gasteiger partial charge on any atom is -0.496 e. The van der Waals surface area contributed by atoms with Gasteiger partial charge in [0.1, 0.15) is 11.8 Å². The molecule has 0 fully saturated rings. The van der Waals surface area contributed by atoms with Gasteiger partial charge in [0, 0.05) is 39.2 Å². The first-order chi connectivity index (χ1) is 22.4. The number of rotatable bonds is 7. The van der Waals surface area contributed by atoms with Crippen LogP contribution < -0.4 is 19.6 Å². The van der Waals surface area contributed by atoms with E-state index in [1.54, 1.807) is 25.5 Å². The lowest BCUT2D eigenvalue weighted by Crippen LogP contribution is -2.40. The second kappa shape index (κ2) is 12.2. The van der Waals surface area contributed by atoms with Gasteiger partial charge in [-0.3, -0.25) is 9.36 Å². The summed E-state index contributed by atoms with van der Waals surface area (Å²) in [4.78, 5) is 33.4. The van der Waals surface area contributed by atoms with E-state index in [1.807, 2.05) is 66.7 Å². The number of esters is 1. The molecular weight excluding hydrogens is 662 g/mol. The highest BCUT2D eigenvalue weighted by Gasteiger charge is 2.36. The average Bonchev–Trinajstić information content (AvgIpc) is 3.56. The highest BCUT2D eigenvalue weighted by Crippen LogP contribution is 2.40. The predicted octanol–water partition coefficient (Wildman–Crippen LogP) is 6.73. The number of halogens is 1. The summed E-state index contributed by atoms with van der Waals surface area (Å²) < 4.78 is 16.8. The topological polar surface area (TPSA) is 74.8 Å². The van der Waals surface area contributed by atoms with Gasteiger partial charge in [-0.2, -0.15) is 0 Å². The van der Waals surface area contributed by atoms with Crippen LogP contribution in [-0.2, 0) is 16.1 Å². The SMILES string of the molecule is CCOC(=O)C1=C(C)N=c2s/c(=C/c3cn(Cc4ccc(Br)cc4)c4ccccc34)c(=O)n2[C@@H]1c1c(OC)ccc2ccccc12. The number of carbonyl (C=O) groups is 1. The van der Waals surface area contributed by atoms with Crippen molar-refractivity contribution in [2.75, 3.05) is 13.7 Å². The molecule has 0 bridgehead atoms. The molecule has 46 heavy (non-hydrogen) atoms. The van der Waals surface area contributed by atoms with Gasteiger partial charge in [0.2, 0.25) is 0 Å². The van der Waals surface area contributed by atoms with Crippen LogP contribution in [0.1, 0.15) is 36.6 Å². The lowest BCUT2D eigenvalue weighted by molar-refractivity contribution is -0.139. The number of benzene rings is 4. The van der Waals surface area contributed by atoms with Crippen molar-refractivity contribution in [3.05, 3.63) is 143 Å². The number of allylic oxidation sites excluding steroid dienone is 1. The second-order valence-corrected chi connectivity index (χ2v) is 13.0. The predicted molar refractivity (Wildman–Crippen MR) is 186 cm³/mol. The number of fused-ring (bicyclic) bond motifs is 3. The first kappa shape index (κ1) is 30.0. The van der Waals surface area contributed by atoms with Gasteiger partial charge in [-0.05, 0) is 60.5 Å². The fraction of sp³-hybridized carbons (Fsp3) is 0.162. The van der Waals surface area contributed by atoms with Gasteiger partial charge in [0.05, 0.1) is 29.5 Å². The molecule has 0 unspecified atom stereocenters. The smallest absolute Gasteiger partial charge is 0.338 e. The van der Waals surface area contributed by atoms with Gasteiger partial charge in [-0.15, -0.1) is 0 Å². The molecule has 9 heteroatoms. The van der Waals surface area contributed by atoms with Crippen LogP contribution in [0.15, 0.2) is 117 Å². The molecule has 0 amide bonds. The molecule has 4 aromatic carbocycles. The number of aromatic nitrogens is 2. The van der Waals surface area contributed by atoms with Crippen molar-refractivity contribution in [3.63, 3.8) is 0 Å². The van der Waals surface area contributed by atoms with Crippen molar-refractivity contribution in [2.45, 2.75) is 26.4 Å². The monoisotopic (exact) mass is 691 g/mol. The van der Waals surface area contributed by atoms with E-state index >= 15 is 0 Å². The fourth-order valence-corrected chi connectivity index (χ4v) is 7.55. The maximum Gasteiger partial charge on any atom is 0.338 e. The third-order valence-corrected chi connectivity index (χ3v) is 9.82. The van der Waals surface area contributed by atoms with Crippen molar-refractivity contribution in [2.24, 2.45) is 4.99 Å². The number of carbonyl (C=O) groups excluding carboxylic acids is 1. The Morgan fingerprint density at radius 1 is 1.00 bits per heavy atom. The van der Waals surface area contributed by atoms with E-state index in [0.717, 1.165) is 37.3 Å². The minimum absolute atomic E-state index is 0.198. The van der Waals surface area contributed by atoms with E-state index in [1.165, 1.54) is 16.9 Å². The van der Waals surface area contributed by atoms with Gasteiger partial charge in [-0.1, -0.05) is 87.9 Å². The number of hydrogen-bond donors (Lipinski definition) is 0. The second-order valence-electron chi connectivity index (χ2n) is 11.1. The molecule has 6 aromatic rings. The summed E-state index contributed by atoms with van der Waals surface area (Å²) in [5, 5.41) is 2.90. The summed E-state index contributed by atoms with van der Waals surface area (Å²) >= 11 is 4.83. The van der Waals surface area contributed by atoms with Crippen LogP contribution in [0.25, 0.3) is 27.8 Å². The lowest BCUT2D eigenvalue weighted by Gasteiger charge is -2.27. The van der Waals surface area contributed by atoms with E-state index in [2.05, 4.69) is 51.0 Å². The van der Waals surface area contributed by atoms with Crippen LogP contribution in [0.2, 0.25) is 0 Å². The molecule has 7 nitrogen and oxygen atoms in total. The summed E-state index contributed by atoms with van der Waals surface area (Å²) in [5.41, 5.74) is 4.49. The zero-order valence-electron chi connectivity index (χ0n) is 25.5. The molecule has 2 aromatic heterocycles. The molecule has 0 aliphatic carbocycles. The number of hydrogen-bond acceptors (Lipinski definition) is 6. The Kier molecular flexibility index (Phi) is 7.96. The highest BCUT2D eigenvalue weighted by molar-refractivity contribution is 9.10. The molecule has 0 saturated heterocycles. The fourth-order valence-electron chi connectivity index (χ4n) is 6.25. The number of nitrogens with zero attached hydrogens (tertiary/aromatic N) is 3. The van der Waals surface area contributed by atoms with Crippen LogP contribution >= 0.6 is 27.3 Å². The molecule has 0 radical (unpaired) electrons. The lowest BCUT2D eigenvalue weighted by atomic mass is 9.90. The van der Waals surface area contributed by atoms with Crippen LogP contribution in [0.5, 0.6) is 5.75 Å². The molecule has 230 valence electrons. The summed E-state index contributed by atoms with van der Waals surface area (Å²) in [5.74, 6) is 0.0693. The van der Waals surface area contributed by atoms with Gasteiger partial charge >= 0.3 is 5.97 Å². The summed E-state index contributed by atoms with van der Waals surface area (Å²) in [6, 6.07) is 27.4. The Morgan fingerprint density at radius 2 is 1.74 bits per heavy atom. The van der Waals surface area contributed by atoms with E-state index in [0.29, 0.717) is 32.9 Å². The molecule has 1 aliphatic heterocycles. The van der Waals surface area contributed by atoms with E-state index < -0.39 is 12.0 Å². The number of ether oxygens (including phenoxy) is 2. The number of thiazole rings is 1. The van der Waals surface area contributed by atoms with Crippen molar-refractivity contribution in [3.8, 4) is 5.75 Å². The van der Waals surface area contributed by atoms with E-state index in [4.69, 9.17) is 14.5 Å². The third kappa shape index (κ3) is 5.19. The van der Waals surface area contributed by atoms with Gasteiger partial charge < -0.3 is 14.0 Å². The Morgan fingerprint density at radius 3 is 2.50 bits per heavy atom. The Bertz CT molecular complexity index is 2370. The van der Waals surface area contributed by atoms with E-state index in [-0.39, 0.29) is 12.2 Å². The van der Waals surface area contributed by atoms with Gasteiger partial charge in [0.15, 0.2) is 4.80 Å². The van der Waals surface area contributed by atoms with Gasteiger partial charge in [-0.25, -0.2) is 9.79 Å². The Labute approximate surface area is 277 Å². The van der Waals surface area contributed by atoms with Crippen molar-refractivity contribution in [1.29, 1.82) is 0 Å². The molecule has 0 N–H and O–H groups in total. The molecule has 1 atom stereocenters. The largest absolute Gasteiger partial charge is 0.496 e. The van der Waals surface area contributed by atoms with Crippen molar-refractivity contribution < 1.29 is 14.3 Å². The zero-order valence-corrected chi connectivity index (χ0v) is 27.9. The van der Waals surface area contributed by atoms with Crippen molar-refractivity contribution >= 4 is 61.0 Å². The van der Waals surface area contributed by atoms with Crippen molar-refractivity contribution in [1.82, 2.24) is 9.13 Å². The van der Waals surface area contributed by atoms with Crippen LogP contribution in [0.4, 0.5) is 0 Å². The minimum atomic E-state index is -0.794. The molecule has 0 spiro atoms. The van der Waals surface area contributed by atoms with Crippen LogP contribution in [-0.4, -0.2) is 28.8 Å². The molecular formula is C37H30BrN3O4S. The average molecular weight is 693 g/mol. The Hall–Kier alpha value is -4.73. The first-order valence-corrected chi connectivity index (χ1v) is 16.6. The zero-order chi connectivity index (χ0) is 31.9. The number of methoxy groups -OCH3 is 1. The normalized spacial score (nSPS) is 14.9. The number of para-hydroxylation sites is 1. The van der Waals surface area contributed by atoms with Crippen LogP contribution in [0.3, 0.4) is 0 Å². The maximum absolute atomic E-state index is 14.5. The standard InChI is InChI=1S/C37H30BrN3O4S/c1-4-45-36(43)32-22(2)39-37-41(34(32)33-28-11-6-5-9-24(28)15-18-30(33)44-3)35(42)31(46-37)19-25-21-40(29-12-8-7-10-27(25)29)20-23-13-16-26(38)17-14-23/h5-19,21,34H,4,20H2,1-3H3/b31-19+/t34-/m0/s1. The highest BCUT2D eigenvalue weighted by atomic mass is 79.9. The van der Waals surface area contributed by atoms with E-state index in [9.17, 15) is 9.59 Å². The molecule has 1 aliphatic rings. The molecule has 7 rings (SSSR count). The quantitative estimate of drug-likeness (QED) is 0.174. The third-order valence-electron chi connectivity index (χ3n) is 8.31. The molecule has 3 heterocycles.